The summed E-state index contributed by atoms with van der Waals surface area (Å²) in [5, 5.41) is 6.83. The van der Waals surface area contributed by atoms with E-state index in [9.17, 15) is 0 Å². The normalized spacial score (nSPS) is 14.5. The number of hydrogen-bond acceptors (Lipinski definition) is 4. The Balaban J connectivity index is 1.01. The molecule has 5 heteroatoms. The van der Waals surface area contributed by atoms with Crippen LogP contribution in [0.25, 0.3) is 65.8 Å². The van der Waals surface area contributed by atoms with E-state index in [0.717, 1.165) is 66.3 Å². The van der Waals surface area contributed by atoms with Gasteiger partial charge in [0.1, 0.15) is 16.7 Å². The van der Waals surface area contributed by atoms with Crippen molar-refractivity contribution in [3.63, 3.8) is 0 Å². The van der Waals surface area contributed by atoms with Crippen LogP contribution in [0, 0.1) is 0 Å². The average Bonchev–Trinajstić information content (AvgIpc) is 3.94. The lowest BCUT2D eigenvalue weighted by Gasteiger charge is -2.43. The summed E-state index contributed by atoms with van der Waals surface area (Å²) in [7, 11) is 0. The Morgan fingerprint density at radius 2 is 1.07 bits per heavy atom. The molecule has 0 amide bonds. The van der Waals surface area contributed by atoms with Crippen LogP contribution in [0.3, 0.4) is 0 Å². The summed E-state index contributed by atoms with van der Waals surface area (Å²) in [6.45, 7) is 4.71. The van der Waals surface area contributed by atoms with E-state index in [-0.39, 0.29) is 12.1 Å². The van der Waals surface area contributed by atoms with E-state index in [1.807, 2.05) is 0 Å². The van der Waals surface area contributed by atoms with Gasteiger partial charge in [0, 0.05) is 66.3 Å². The summed E-state index contributed by atoms with van der Waals surface area (Å²) in [4.78, 5) is 4.92. The highest BCUT2D eigenvalue weighted by Crippen LogP contribution is 2.54. The maximum Gasteiger partial charge on any atom is 0.252 e. The van der Waals surface area contributed by atoms with E-state index in [2.05, 4.69) is 200 Å². The van der Waals surface area contributed by atoms with Crippen LogP contribution in [0.1, 0.15) is 25.0 Å². The van der Waals surface area contributed by atoms with E-state index in [0.29, 0.717) is 0 Å². The van der Waals surface area contributed by atoms with Crippen LogP contribution < -0.4 is 26.2 Å². The van der Waals surface area contributed by atoms with Gasteiger partial charge in [-0.25, -0.2) is 0 Å². The number of fused-ring (bicyclic) bond motifs is 16. The number of anilines is 6. The third-order valence-corrected chi connectivity index (χ3v) is 13.8. The number of hydrogen-bond donors (Lipinski definition) is 0. The van der Waals surface area contributed by atoms with E-state index < -0.39 is 0 Å². The second-order valence-corrected chi connectivity index (χ2v) is 17.2. The molecule has 280 valence electrons. The molecule has 0 unspecified atom stereocenters. The van der Waals surface area contributed by atoms with Crippen molar-refractivity contribution in [2.75, 3.05) is 9.80 Å². The zero-order valence-corrected chi connectivity index (χ0v) is 33.0. The van der Waals surface area contributed by atoms with Crippen molar-refractivity contribution in [1.29, 1.82) is 0 Å². The third-order valence-electron chi connectivity index (χ3n) is 13.8. The first-order valence-electron chi connectivity index (χ1n) is 20.9. The Kier molecular flexibility index (Phi) is 6.15. The molecule has 4 heterocycles. The molecule has 0 radical (unpaired) electrons. The van der Waals surface area contributed by atoms with Gasteiger partial charge in [-0.1, -0.05) is 129 Å². The lowest BCUT2D eigenvalue weighted by Crippen LogP contribution is -2.61. The quantitative estimate of drug-likeness (QED) is 0.164. The Labute approximate surface area is 346 Å². The molecular formula is C55H35BN2O2. The van der Waals surface area contributed by atoms with Crippen molar-refractivity contribution in [2.45, 2.75) is 19.3 Å². The highest BCUT2D eigenvalue weighted by Gasteiger charge is 2.44. The highest BCUT2D eigenvalue weighted by atomic mass is 16.3. The molecule has 60 heavy (non-hydrogen) atoms. The van der Waals surface area contributed by atoms with Crippen molar-refractivity contribution >= 4 is 112 Å². The smallest absolute Gasteiger partial charge is 0.252 e. The number of benzene rings is 9. The molecule has 0 bridgehead atoms. The Morgan fingerprint density at radius 1 is 0.433 bits per heavy atom. The molecule has 0 N–H and O–H groups in total. The van der Waals surface area contributed by atoms with Gasteiger partial charge in [-0.05, 0) is 99.1 Å². The van der Waals surface area contributed by atoms with Gasteiger partial charge in [0.2, 0.25) is 0 Å². The predicted octanol–water partition coefficient (Wildman–Crippen LogP) is 13.0. The number of furan rings is 2. The van der Waals surface area contributed by atoms with E-state index in [4.69, 9.17) is 8.83 Å². The van der Waals surface area contributed by atoms with Gasteiger partial charge in [-0.2, -0.15) is 0 Å². The van der Waals surface area contributed by atoms with Crippen molar-refractivity contribution < 1.29 is 8.83 Å². The molecule has 2 aromatic heterocycles. The van der Waals surface area contributed by atoms with Crippen LogP contribution in [0.2, 0.25) is 0 Å². The molecule has 0 saturated heterocycles. The zero-order chi connectivity index (χ0) is 39.4. The minimum absolute atomic E-state index is 0.0402. The summed E-state index contributed by atoms with van der Waals surface area (Å²) in [5.41, 5.74) is 19.3. The topological polar surface area (TPSA) is 32.8 Å². The summed E-state index contributed by atoms with van der Waals surface area (Å²) in [6, 6.07) is 64.3. The van der Waals surface area contributed by atoms with E-state index >= 15 is 0 Å². The molecule has 0 saturated carbocycles. The summed E-state index contributed by atoms with van der Waals surface area (Å²) in [5.74, 6) is 0. The lowest BCUT2D eigenvalue weighted by atomic mass is 9.33. The van der Waals surface area contributed by atoms with Crippen molar-refractivity contribution in [1.82, 2.24) is 0 Å². The zero-order valence-electron chi connectivity index (χ0n) is 33.0. The van der Waals surface area contributed by atoms with E-state index in [1.54, 1.807) is 0 Å². The van der Waals surface area contributed by atoms with E-state index in [1.165, 1.54) is 61.1 Å². The SMILES string of the molecule is CC1(C)c2ccccc2-c2ccc3c(oc4c(N5c6ccccc6B6c7ccccc7N(c7ccc8oc9c%10ccccc%10ccc9c8c7)c7cccc5c76)cccc43)c21. The molecule has 9 aromatic carbocycles. The Morgan fingerprint density at radius 3 is 1.93 bits per heavy atom. The molecule has 11 aromatic rings. The van der Waals surface area contributed by atoms with Crippen LogP contribution in [0.5, 0.6) is 0 Å². The maximum atomic E-state index is 7.25. The van der Waals surface area contributed by atoms with Gasteiger partial charge >= 0.3 is 0 Å². The predicted molar refractivity (Wildman–Crippen MR) is 250 cm³/mol. The van der Waals surface area contributed by atoms with Crippen molar-refractivity contribution in [3.8, 4) is 11.1 Å². The molecule has 0 spiro atoms. The van der Waals surface area contributed by atoms with Gasteiger partial charge < -0.3 is 18.6 Å². The molecule has 1 aliphatic carbocycles. The first-order valence-corrected chi connectivity index (χ1v) is 20.9. The van der Waals surface area contributed by atoms with Crippen LogP contribution in [0.15, 0.2) is 185 Å². The largest absolute Gasteiger partial charge is 0.455 e. The van der Waals surface area contributed by atoms with Crippen molar-refractivity contribution in [2.24, 2.45) is 0 Å². The number of nitrogens with zero attached hydrogens (tertiary/aromatic N) is 2. The van der Waals surface area contributed by atoms with Crippen LogP contribution in [-0.2, 0) is 5.41 Å². The fraction of sp³-hybridized carbons (Fsp3) is 0.0545. The molecule has 0 atom stereocenters. The minimum atomic E-state index is -0.195. The summed E-state index contributed by atoms with van der Waals surface area (Å²) < 4.78 is 13.8. The fourth-order valence-electron chi connectivity index (χ4n) is 11.3. The van der Waals surface area contributed by atoms with Crippen LogP contribution >= 0.6 is 0 Å². The van der Waals surface area contributed by atoms with Gasteiger partial charge in [0.25, 0.3) is 6.71 Å². The lowest BCUT2D eigenvalue weighted by molar-refractivity contribution is 0.620. The maximum absolute atomic E-state index is 7.25. The number of para-hydroxylation sites is 3. The highest BCUT2D eigenvalue weighted by molar-refractivity contribution is 7.00. The minimum Gasteiger partial charge on any atom is -0.455 e. The van der Waals surface area contributed by atoms with Crippen LogP contribution in [-0.4, -0.2) is 6.71 Å². The fourth-order valence-corrected chi connectivity index (χ4v) is 11.3. The Hall–Kier alpha value is -7.50. The Bertz CT molecular complexity index is 3690. The molecule has 2 aliphatic heterocycles. The monoisotopic (exact) mass is 766 g/mol. The van der Waals surface area contributed by atoms with Crippen molar-refractivity contribution in [3.05, 3.63) is 187 Å². The van der Waals surface area contributed by atoms with Gasteiger partial charge in [0.05, 0.1) is 5.69 Å². The second kappa shape index (κ2) is 11.4. The summed E-state index contributed by atoms with van der Waals surface area (Å²) >= 11 is 0. The van der Waals surface area contributed by atoms with Gasteiger partial charge in [-0.15, -0.1) is 0 Å². The van der Waals surface area contributed by atoms with Gasteiger partial charge in [0.15, 0.2) is 5.58 Å². The number of rotatable bonds is 2. The molecule has 0 fully saturated rings. The second-order valence-electron chi connectivity index (χ2n) is 17.2. The standard InChI is InChI=1S/C55H35BN2O2/c1-55(2)41-17-6-5-15-35(41)36-28-29-38-37-16-11-24-48(53(37)60-54(38)50(36)55)58-45-21-10-8-19-43(45)56-42-18-7-9-20-44(42)57(46-22-12-23-47(58)51(46)56)33-26-30-49-40(31-33)39-27-25-32-13-3-4-14-34(32)52(39)59-49/h3-31H,1-2H3. The molecule has 14 rings (SSSR count). The third kappa shape index (κ3) is 4.02. The van der Waals surface area contributed by atoms with Crippen LogP contribution in [0.4, 0.5) is 34.1 Å². The summed E-state index contributed by atoms with van der Waals surface area (Å²) in [6.07, 6.45) is 0. The molecule has 3 aliphatic rings. The first-order chi connectivity index (χ1) is 29.5. The first kappa shape index (κ1) is 32.5. The molecular weight excluding hydrogens is 731 g/mol. The van der Waals surface area contributed by atoms with Gasteiger partial charge in [-0.3, -0.25) is 0 Å². The average molecular weight is 767 g/mol. The molecule has 4 nitrogen and oxygen atoms in total.